The van der Waals surface area contributed by atoms with Crippen molar-refractivity contribution in [1.29, 1.82) is 0 Å². The summed E-state index contributed by atoms with van der Waals surface area (Å²) in [5.41, 5.74) is 2.06. The molecule has 24 heavy (non-hydrogen) atoms. The van der Waals surface area contributed by atoms with Crippen molar-refractivity contribution in [2.75, 3.05) is 27.9 Å². The maximum absolute atomic E-state index is 6.34. The lowest BCUT2D eigenvalue weighted by atomic mass is 10.0. The summed E-state index contributed by atoms with van der Waals surface area (Å²) in [6.07, 6.45) is 0.751. The van der Waals surface area contributed by atoms with Gasteiger partial charge in [-0.05, 0) is 18.1 Å². The fourth-order valence-corrected chi connectivity index (χ4v) is 4.44. The van der Waals surface area contributed by atoms with Gasteiger partial charge in [-0.3, -0.25) is 0 Å². The number of halogens is 1. The standard InChI is InChI=1S/C18H23ClO4Si/c1-20-24(21-2,22-3)14-8-13-23-18-16(11-7-12-17(18)19)15-9-5-4-6-10-15/h4-7,9-12H,8,13-14H2,1-3H3. The fraction of sp³-hybridized carbons (Fsp3) is 0.333. The zero-order valence-electron chi connectivity index (χ0n) is 14.3. The third kappa shape index (κ3) is 4.59. The van der Waals surface area contributed by atoms with E-state index < -0.39 is 8.80 Å². The van der Waals surface area contributed by atoms with E-state index in [0.29, 0.717) is 23.4 Å². The molecule has 130 valence electrons. The molecule has 0 spiro atoms. The van der Waals surface area contributed by atoms with E-state index in [4.69, 9.17) is 29.6 Å². The zero-order chi connectivity index (χ0) is 17.4. The Hall–Kier alpha value is -1.37. The number of hydrogen-bond donors (Lipinski definition) is 0. The summed E-state index contributed by atoms with van der Waals surface area (Å²) < 4.78 is 22.2. The molecule has 0 aromatic heterocycles. The van der Waals surface area contributed by atoms with Crippen LogP contribution in [0.15, 0.2) is 48.5 Å². The SMILES string of the molecule is CO[Si](CCCOc1c(Cl)cccc1-c1ccccc1)(OC)OC. The highest BCUT2D eigenvalue weighted by molar-refractivity contribution is 6.60. The molecule has 2 aromatic rings. The van der Waals surface area contributed by atoms with Gasteiger partial charge in [-0.1, -0.05) is 54.1 Å². The maximum atomic E-state index is 6.34. The van der Waals surface area contributed by atoms with Crippen molar-refractivity contribution in [3.05, 3.63) is 53.6 Å². The van der Waals surface area contributed by atoms with Crippen LogP contribution in [0.2, 0.25) is 11.1 Å². The van der Waals surface area contributed by atoms with E-state index in [1.807, 2.05) is 48.5 Å². The van der Waals surface area contributed by atoms with Gasteiger partial charge in [0.05, 0.1) is 11.6 Å². The largest absolute Gasteiger partial charge is 0.500 e. The minimum atomic E-state index is -2.56. The van der Waals surface area contributed by atoms with E-state index in [2.05, 4.69) is 0 Å². The summed E-state index contributed by atoms with van der Waals surface area (Å²) in [4.78, 5) is 0. The van der Waals surface area contributed by atoms with Crippen molar-refractivity contribution in [3.63, 3.8) is 0 Å². The Morgan fingerprint density at radius 1 is 0.875 bits per heavy atom. The van der Waals surface area contributed by atoms with E-state index in [1.54, 1.807) is 21.3 Å². The van der Waals surface area contributed by atoms with Crippen molar-refractivity contribution in [2.24, 2.45) is 0 Å². The molecular weight excluding hydrogens is 344 g/mol. The van der Waals surface area contributed by atoms with Crippen molar-refractivity contribution in [3.8, 4) is 16.9 Å². The average Bonchev–Trinajstić information content (AvgIpc) is 2.64. The third-order valence-electron chi connectivity index (χ3n) is 3.86. The van der Waals surface area contributed by atoms with E-state index in [0.717, 1.165) is 17.5 Å². The average molecular weight is 367 g/mol. The van der Waals surface area contributed by atoms with E-state index >= 15 is 0 Å². The van der Waals surface area contributed by atoms with Crippen LogP contribution < -0.4 is 4.74 Å². The van der Waals surface area contributed by atoms with Crippen LogP contribution >= 0.6 is 11.6 Å². The van der Waals surface area contributed by atoms with Crippen LogP contribution in [0.3, 0.4) is 0 Å². The Labute approximate surface area is 149 Å². The molecule has 0 aliphatic rings. The smallest absolute Gasteiger partial charge is 0.491 e. The van der Waals surface area contributed by atoms with E-state index in [-0.39, 0.29) is 0 Å². The van der Waals surface area contributed by atoms with Crippen molar-refractivity contribution in [1.82, 2.24) is 0 Å². The molecule has 0 amide bonds. The molecule has 0 saturated carbocycles. The van der Waals surface area contributed by atoms with Gasteiger partial charge in [-0.2, -0.15) is 0 Å². The number of ether oxygens (including phenoxy) is 1. The first-order chi connectivity index (χ1) is 11.7. The maximum Gasteiger partial charge on any atom is 0.500 e. The second kappa shape index (κ2) is 9.20. The summed E-state index contributed by atoms with van der Waals surface area (Å²) in [5, 5.41) is 0.602. The van der Waals surface area contributed by atoms with Gasteiger partial charge < -0.3 is 18.0 Å². The number of para-hydroxylation sites is 1. The van der Waals surface area contributed by atoms with Gasteiger partial charge in [0.25, 0.3) is 0 Å². The molecule has 2 rings (SSSR count). The predicted molar refractivity (Wildman–Crippen MR) is 98.6 cm³/mol. The second-order valence-electron chi connectivity index (χ2n) is 5.23. The lowest BCUT2D eigenvalue weighted by Gasteiger charge is -2.24. The molecule has 6 heteroatoms. The summed E-state index contributed by atoms with van der Waals surface area (Å²) in [5.74, 6) is 0.699. The van der Waals surface area contributed by atoms with Crippen LogP contribution in [-0.4, -0.2) is 36.7 Å². The molecule has 0 unspecified atom stereocenters. The monoisotopic (exact) mass is 366 g/mol. The van der Waals surface area contributed by atoms with Crippen LogP contribution in [0.4, 0.5) is 0 Å². The highest BCUT2D eigenvalue weighted by Crippen LogP contribution is 2.36. The van der Waals surface area contributed by atoms with Crippen LogP contribution in [0.1, 0.15) is 6.42 Å². The molecule has 0 fully saturated rings. The zero-order valence-corrected chi connectivity index (χ0v) is 16.0. The summed E-state index contributed by atoms with van der Waals surface area (Å²) in [6.45, 7) is 0.508. The van der Waals surface area contributed by atoms with Gasteiger partial charge in [0.2, 0.25) is 0 Å². The van der Waals surface area contributed by atoms with Gasteiger partial charge in [0.1, 0.15) is 5.75 Å². The topological polar surface area (TPSA) is 36.9 Å². The van der Waals surface area contributed by atoms with E-state index in [9.17, 15) is 0 Å². The molecule has 0 aliphatic carbocycles. The first kappa shape index (κ1) is 19.0. The highest BCUT2D eigenvalue weighted by atomic mass is 35.5. The molecular formula is C18H23ClO4Si. The van der Waals surface area contributed by atoms with Gasteiger partial charge in [-0.15, -0.1) is 0 Å². The Morgan fingerprint density at radius 3 is 2.17 bits per heavy atom. The highest BCUT2D eigenvalue weighted by Gasteiger charge is 2.36. The molecule has 0 atom stereocenters. The Kier molecular flexibility index (Phi) is 7.27. The first-order valence-electron chi connectivity index (χ1n) is 7.78. The third-order valence-corrected chi connectivity index (χ3v) is 6.99. The van der Waals surface area contributed by atoms with E-state index in [1.165, 1.54) is 0 Å². The molecule has 0 radical (unpaired) electrons. The first-order valence-corrected chi connectivity index (χ1v) is 10.1. The van der Waals surface area contributed by atoms with Crippen LogP contribution in [0.25, 0.3) is 11.1 Å². The number of hydrogen-bond acceptors (Lipinski definition) is 4. The lowest BCUT2D eigenvalue weighted by Crippen LogP contribution is -2.42. The van der Waals surface area contributed by atoms with Crippen LogP contribution in [-0.2, 0) is 13.3 Å². The lowest BCUT2D eigenvalue weighted by molar-refractivity contribution is 0.121. The molecule has 2 aromatic carbocycles. The molecule has 0 heterocycles. The second-order valence-corrected chi connectivity index (χ2v) is 8.73. The fourth-order valence-electron chi connectivity index (χ4n) is 2.52. The molecule has 0 bridgehead atoms. The van der Waals surface area contributed by atoms with Gasteiger partial charge in [-0.25, -0.2) is 0 Å². The van der Waals surface area contributed by atoms with Crippen molar-refractivity contribution < 1.29 is 18.0 Å². The van der Waals surface area contributed by atoms with Gasteiger partial charge >= 0.3 is 8.80 Å². The Bertz CT molecular complexity index is 624. The predicted octanol–water partition coefficient (Wildman–Crippen LogP) is 4.65. The van der Waals surface area contributed by atoms with Crippen molar-refractivity contribution in [2.45, 2.75) is 12.5 Å². The minimum absolute atomic E-state index is 0.508. The molecule has 0 saturated heterocycles. The van der Waals surface area contributed by atoms with Crippen LogP contribution in [0.5, 0.6) is 5.75 Å². The summed E-state index contributed by atoms with van der Waals surface area (Å²) in [6, 6.07) is 16.5. The van der Waals surface area contributed by atoms with Gasteiger partial charge in [0.15, 0.2) is 0 Å². The Morgan fingerprint density at radius 2 is 1.54 bits per heavy atom. The Balaban J connectivity index is 2.06. The van der Waals surface area contributed by atoms with Crippen molar-refractivity contribution >= 4 is 20.4 Å². The normalized spacial score (nSPS) is 11.5. The molecule has 0 aliphatic heterocycles. The number of rotatable bonds is 9. The molecule has 0 N–H and O–H groups in total. The molecule has 4 nitrogen and oxygen atoms in total. The van der Waals surface area contributed by atoms with Gasteiger partial charge in [0, 0.05) is 32.9 Å². The minimum Gasteiger partial charge on any atom is -0.491 e. The quantitative estimate of drug-likeness (QED) is 0.478. The van der Waals surface area contributed by atoms with Crippen LogP contribution in [0, 0.1) is 0 Å². The number of benzene rings is 2. The summed E-state index contributed by atoms with van der Waals surface area (Å²) >= 11 is 6.34. The summed E-state index contributed by atoms with van der Waals surface area (Å²) in [7, 11) is 2.28.